The van der Waals surface area contributed by atoms with Crippen LogP contribution < -0.4 is 10.4 Å². The predicted molar refractivity (Wildman–Crippen MR) is 103 cm³/mol. The van der Waals surface area contributed by atoms with E-state index in [9.17, 15) is 18.3 Å². The highest BCUT2D eigenvalue weighted by atomic mass is 32.2. The Morgan fingerprint density at radius 3 is 2.25 bits per heavy atom. The molecule has 1 aliphatic heterocycles. The molecule has 6 nitrogen and oxygen atoms in total. The van der Waals surface area contributed by atoms with E-state index in [2.05, 4.69) is 5.32 Å². The monoisotopic (exact) mass is 393 g/mol. The molecule has 0 spiro atoms. The zero-order valence-electron chi connectivity index (χ0n) is 14.8. The van der Waals surface area contributed by atoms with Crippen molar-refractivity contribution >= 4 is 21.7 Å². The Balaban J connectivity index is 1.81. The average Bonchev–Trinajstić information content (AvgIpc) is 2.71. The first kappa shape index (κ1) is 18.2. The van der Waals surface area contributed by atoms with Crippen molar-refractivity contribution in [1.82, 2.24) is 4.31 Å². The van der Waals surface area contributed by atoms with E-state index < -0.39 is 22.2 Å². The molecule has 0 saturated carbocycles. The minimum atomic E-state index is -3.76. The first-order valence-corrected chi connectivity index (χ1v) is 10.1. The number of carbonyl (C=O) groups is 1. The summed E-state index contributed by atoms with van der Waals surface area (Å²) in [4.78, 5) is 11.2. The molecule has 28 heavy (non-hydrogen) atoms. The number of aromatic carboxylic acids is 1. The second-order valence-corrected chi connectivity index (χ2v) is 8.35. The third kappa shape index (κ3) is 3.26. The van der Waals surface area contributed by atoms with Gasteiger partial charge in [0.1, 0.15) is 11.1 Å². The minimum absolute atomic E-state index is 0.0393. The third-order valence-electron chi connectivity index (χ3n) is 4.70. The van der Waals surface area contributed by atoms with Crippen LogP contribution in [-0.2, 0) is 16.6 Å². The number of hydrogen-bond acceptors (Lipinski definition) is 5. The van der Waals surface area contributed by atoms with Gasteiger partial charge < -0.3 is 15.2 Å². The Morgan fingerprint density at radius 2 is 1.57 bits per heavy atom. The predicted octanol–water partition coefficient (Wildman–Crippen LogP) is 2.37. The Hall–Kier alpha value is -3.16. The van der Waals surface area contributed by atoms with Crippen molar-refractivity contribution < 1.29 is 18.3 Å². The highest BCUT2D eigenvalue weighted by molar-refractivity contribution is 7.89. The number of carbonyl (C=O) groups excluding carboxylic acids is 1. The summed E-state index contributed by atoms with van der Waals surface area (Å²) in [6.07, 6.45) is -0.670. The Kier molecular flexibility index (Phi) is 4.62. The van der Waals surface area contributed by atoms with Gasteiger partial charge >= 0.3 is 0 Å². The molecule has 0 bridgehead atoms. The number of nitrogens with one attached hydrogen (secondary N) is 1. The normalized spacial score (nSPS) is 18.1. The molecule has 3 aromatic rings. The van der Waals surface area contributed by atoms with Gasteiger partial charge in [0, 0.05) is 6.54 Å². The maximum atomic E-state index is 13.3. The van der Waals surface area contributed by atoms with Crippen LogP contribution in [-0.4, -0.2) is 18.7 Å². The molecule has 142 valence electrons. The summed E-state index contributed by atoms with van der Waals surface area (Å²) in [5.74, 6) is -1.28. The largest absolute Gasteiger partial charge is 0.545 e. The number of hydrogen-bond donors (Lipinski definition) is 1. The van der Waals surface area contributed by atoms with Crippen molar-refractivity contribution in [1.29, 1.82) is 0 Å². The molecule has 0 aliphatic carbocycles. The van der Waals surface area contributed by atoms with Gasteiger partial charge in [0.25, 0.3) is 0 Å². The molecule has 0 amide bonds. The van der Waals surface area contributed by atoms with E-state index in [1.54, 1.807) is 36.4 Å². The molecule has 0 aromatic heterocycles. The van der Waals surface area contributed by atoms with Crippen LogP contribution in [0.15, 0.2) is 83.8 Å². The number of anilines is 1. The zero-order valence-corrected chi connectivity index (χ0v) is 15.6. The lowest BCUT2D eigenvalue weighted by Crippen LogP contribution is -2.42. The molecule has 7 heteroatoms. The van der Waals surface area contributed by atoms with E-state index in [0.717, 1.165) is 5.56 Å². The van der Waals surface area contributed by atoms with Crippen LogP contribution >= 0.6 is 0 Å². The second kappa shape index (κ2) is 7.10. The SMILES string of the molecule is O=C([O-])c1ccc([C@@H]2Nc3ccccc3S(=O)(=O)N2Cc2ccccc2)cc1. The molecule has 0 radical (unpaired) electrons. The lowest BCUT2D eigenvalue weighted by molar-refractivity contribution is -0.255. The highest BCUT2D eigenvalue weighted by Gasteiger charge is 2.38. The van der Waals surface area contributed by atoms with E-state index in [-0.39, 0.29) is 17.0 Å². The summed E-state index contributed by atoms with van der Waals surface area (Å²) in [6.45, 7) is 0.178. The maximum Gasteiger partial charge on any atom is 0.247 e. The molecule has 4 rings (SSSR count). The number of carboxylic acid groups (broad SMARTS) is 1. The van der Waals surface area contributed by atoms with Gasteiger partial charge in [0.05, 0.1) is 11.7 Å². The number of sulfonamides is 1. The summed E-state index contributed by atoms with van der Waals surface area (Å²) in [7, 11) is -3.76. The number of fused-ring (bicyclic) bond motifs is 1. The zero-order chi connectivity index (χ0) is 19.7. The van der Waals surface area contributed by atoms with E-state index in [1.807, 2.05) is 30.3 Å². The molecule has 1 atom stereocenters. The highest BCUT2D eigenvalue weighted by Crippen LogP contribution is 2.39. The molecule has 0 fully saturated rings. The minimum Gasteiger partial charge on any atom is -0.545 e. The van der Waals surface area contributed by atoms with Gasteiger partial charge in [-0.25, -0.2) is 8.42 Å². The lowest BCUT2D eigenvalue weighted by atomic mass is 10.1. The van der Waals surface area contributed by atoms with Gasteiger partial charge in [0.15, 0.2) is 0 Å². The van der Waals surface area contributed by atoms with E-state index >= 15 is 0 Å². The van der Waals surface area contributed by atoms with Gasteiger partial charge in [0.2, 0.25) is 10.0 Å². The molecular formula is C21H17N2O4S-. The summed E-state index contributed by atoms with van der Waals surface area (Å²) in [5.41, 5.74) is 2.04. The van der Waals surface area contributed by atoms with Crippen LogP contribution in [0.25, 0.3) is 0 Å². The van der Waals surface area contributed by atoms with E-state index in [0.29, 0.717) is 11.3 Å². The van der Waals surface area contributed by atoms with Crippen LogP contribution in [0.4, 0.5) is 5.69 Å². The van der Waals surface area contributed by atoms with Crippen molar-refractivity contribution in [2.24, 2.45) is 0 Å². The van der Waals surface area contributed by atoms with Crippen molar-refractivity contribution in [3.8, 4) is 0 Å². The molecule has 0 saturated heterocycles. The molecule has 1 heterocycles. The first-order chi connectivity index (χ1) is 13.5. The fourth-order valence-electron chi connectivity index (χ4n) is 3.29. The lowest BCUT2D eigenvalue weighted by Gasteiger charge is -2.37. The van der Waals surface area contributed by atoms with Crippen molar-refractivity contribution in [2.75, 3.05) is 5.32 Å². The van der Waals surface area contributed by atoms with Crippen molar-refractivity contribution in [2.45, 2.75) is 17.6 Å². The fourth-order valence-corrected chi connectivity index (χ4v) is 4.96. The fraction of sp³-hybridized carbons (Fsp3) is 0.0952. The molecular weight excluding hydrogens is 376 g/mol. The number of para-hydroxylation sites is 1. The van der Waals surface area contributed by atoms with Gasteiger partial charge in [-0.15, -0.1) is 0 Å². The topological polar surface area (TPSA) is 89.5 Å². The average molecular weight is 393 g/mol. The molecule has 0 unspecified atom stereocenters. The number of benzene rings is 3. The van der Waals surface area contributed by atoms with Crippen LogP contribution in [0, 0.1) is 0 Å². The molecule has 1 aliphatic rings. The first-order valence-electron chi connectivity index (χ1n) is 8.69. The Bertz CT molecular complexity index is 1110. The number of rotatable bonds is 4. The van der Waals surface area contributed by atoms with Crippen LogP contribution in [0.2, 0.25) is 0 Å². The number of nitrogens with zero attached hydrogens (tertiary/aromatic N) is 1. The van der Waals surface area contributed by atoms with Crippen LogP contribution in [0.5, 0.6) is 0 Å². The number of carboxylic acids is 1. The van der Waals surface area contributed by atoms with E-state index in [4.69, 9.17) is 0 Å². The van der Waals surface area contributed by atoms with E-state index in [1.165, 1.54) is 16.4 Å². The second-order valence-electron chi connectivity index (χ2n) is 6.49. The Morgan fingerprint density at radius 1 is 0.929 bits per heavy atom. The summed E-state index contributed by atoms with van der Waals surface area (Å²) < 4.78 is 28.1. The summed E-state index contributed by atoms with van der Waals surface area (Å²) in [6, 6.07) is 22.1. The molecule has 1 N–H and O–H groups in total. The van der Waals surface area contributed by atoms with Gasteiger partial charge in [-0.1, -0.05) is 66.7 Å². The summed E-state index contributed by atoms with van der Waals surface area (Å²) in [5, 5.41) is 14.3. The maximum absolute atomic E-state index is 13.3. The van der Waals surface area contributed by atoms with Gasteiger partial charge in [-0.2, -0.15) is 4.31 Å². The van der Waals surface area contributed by atoms with Gasteiger partial charge in [-0.3, -0.25) is 0 Å². The van der Waals surface area contributed by atoms with Gasteiger partial charge in [-0.05, 0) is 28.8 Å². The Labute approximate surface area is 163 Å². The van der Waals surface area contributed by atoms with Crippen LogP contribution in [0.1, 0.15) is 27.7 Å². The summed E-state index contributed by atoms with van der Waals surface area (Å²) >= 11 is 0. The third-order valence-corrected chi connectivity index (χ3v) is 6.57. The van der Waals surface area contributed by atoms with Crippen molar-refractivity contribution in [3.63, 3.8) is 0 Å². The van der Waals surface area contributed by atoms with Crippen molar-refractivity contribution in [3.05, 3.63) is 95.6 Å². The smallest absolute Gasteiger partial charge is 0.247 e. The standard InChI is InChI=1S/C21H18N2O4S/c24-21(25)17-12-10-16(11-13-17)20-22-18-8-4-5-9-19(18)28(26,27)23(20)14-15-6-2-1-3-7-15/h1-13,20,22H,14H2,(H,24,25)/p-1/t20-/m1/s1. The molecule has 3 aromatic carbocycles. The quantitative estimate of drug-likeness (QED) is 0.735. The van der Waals surface area contributed by atoms with Crippen LogP contribution in [0.3, 0.4) is 0 Å².